The van der Waals surface area contributed by atoms with Crippen molar-refractivity contribution >= 4 is 0 Å². The molecule has 0 aliphatic rings. The zero-order valence-corrected chi connectivity index (χ0v) is 11.3. The van der Waals surface area contributed by atoms with Crippen LogP contribution in [-0.4, -0.2) is 23.1 Å². The lowest BCUT2D eigenvalue weighted by Crippen LogP contribution is -2.18. The highest BCUT2D eigenvalue weighted by Gasteiger charge is 2.12. The Morgan fingerprint density at radius 1 is 1.47 bits per heavy atom. The van der Waals surface area contributed by atoms with Gasteiger partial charge < -0.3 is 15.5 Å². The van der Waals surface area contributed by atoms with Crippen molar-refractivity contribution < 1.29 is 9.13 Å². The zero-order chi connectivity index (χ0) is 14.0. The molecule has 0 radical (unpaired) electrons. The molecule has 0 aliphatic carbocycles. The molecule has 0 aliphatic heterocycles. The minimum absolute atomic E-state index is 0.0333. The summed E-state index contributed by atoms with van der Waals surface area (Å²) in [7, 11) is 1.44. The number of H-pyrrole nitrogens is 1. The normalized spacial score (nSPS) is 12.5. The lowest BCUT2D eigenvalue weighted by atomic mass is 10.1. The Morgan fingerprint density at radius 3 is 2.79 bits per heavy atom. The van der Waals surface area contributed by atoms with Gasteiger partial charge in [0.15, 0.2) is 11.6 Å². The maximum atomic E-state index is 13.7. The smallest absolute Gasteiger partial charge is 0.165 e. The molecule has 0 bridgehead atoms. The minimum Gasteiger partial charge on any atom is -0.494 e. The summed E-state index contributed by atoms with van der Waals surface area (Å²) in [6.07, 6.45) is 0.666. The quantitative estimate of drug-likeness (QED) is 0.890. The summed E-state index contributed by atoms with van der Waals surface area (Å²) in [6.45, 7) is 3.83. The number of nitrogens with one attached hydrogen (secondary N) is 1. The van der Waals surface area contributed by atoms with Crippen LogP contribution in [-0.2, 0) is 6.42 Å². The minimum atomic E-state index is -0.392. The average molecular weight is 263 g/mol. The molecule has 5 heteroatoms. The maximum absolute atomic E-state index is 13.7. The maximum Gasteiger partial charge on any atom is 0.165 e. The molecule has 1 atom stereocenters. The zero-order valence-electron chi connectivity index (χ0n) is 11.3. The van der Waals surface area contributed by atoms with Crippen molar-refractivity contribution in [1.82, 2.24) is 9.97 Å². The van der Waals surface area contributed by atoms with Gasteiger partial charge in [0.1, 0.15) is 5.82 Å². The number of aromatic amines is 1. The summed E-state index contributed by atoms with van der Waals surface area (Å²) in [5.41, 5.74) is 8.12. The van der Waals surface area contributed by atoms with E-state index in [1.54, 1.807) is 12.1 Å². The molecule has 0 saturated heterocycles. The second kappa shape index (κ2) is 5.40. The molecule has 0 saturated carbocycles. The number of methoxy groups -OCH3 is 1. The van der Waals surface area contributed by atoms with Crippen LogP contribution < -0.4 is 10.5 Å². The summed E-state index contributed by atoms with van der Waals surface area (Å²) < 4.78 is 18.6. The molecule has 4 nitrogen and oxygen atoms in total. The largest absolute Gasteiger partial charge is 0.494 e. The van der Waals surface area contributed by atoms with Crippen LogP contribution >= 0.6 is 0 Å². The van der Waals surface area contributed by atoms with E-state index >= 15 is 0 Å². The molecule has 19 heavy (non-hydrogen) atoms. The van der Waals surface area contributed by atoms with E-state index in [2.05, 4.69) is 9.97 Å². The molecular weight excluding hydrogens is 245 g/mol. The van der Waals surface area contributed by atoms with E-state index in [-0.39, 0.29) is 11.8 Å². The highest BCUT2D eigenvalue weighted by molar-refractivity contribution is 5.63. The fourth-order valence-electron chi connectivity index (χ4n) is 2.02. The molecule has 1 unspecified atom stereocenters. The number of hydrogen-bond acceptors (Lipinski definition) is 3. The third-order valence-electron chi connectivity index (χ3n) is 2.87. The van der Waals surface area contributed by atoms with E-state index in [0.717, 1.165) is 22.8 Å². The van der Waals surface area contributed by atoms with E-state index < -0.39 is 5.82 Å². The second-order valence-electron chi connectivity index (χ2n) is 4.69. The summed E-state index contributed by atoms with van der Waals surface area (Å²) in [5.74, 6) is 0.655. The van der Waals surface area contributed by atoms with Crippen molar-refractivity contribution in [3.8, 4) is 17.0 Å². The van der Waals surface area contributed by atoms with E-state index in [1.807, 2.05) is 13.8 Å². The molecule has 0 fully saturated rings. The summed E-state index contributed by atoms with van der Waals surface area (Å²) >= 11 is 0. The number of imidazole rings is 1. The van der Waals surface area contributed by atoms with Gasteiger partial charge in [0.25, 0.3) is 0 Å². The molecule has 2 rings (SSSR count). The van der Waals surface area contributed by atoms with E-state index in [1.165, 1.54) is 13.2 Å². The van der Waals surface area contributed by atoms with Crippen LogP contribution in [0.4, 0.5) is 4.39 Å². The lowest BCUT2D eigenvalue weighted by Gasteiger charge is -2.04. The number of ether oxygens (including phenoxy) is 1. The van der Waals surface area contributed by atoms with E-state index in [9.17, 15) is 4.39 Å². The van der Waals surface area contributed by atoms with E-state index in [0.29, 0.717) is 6.42 Å². The first kappa shape index (κ1) is 13.5. The van der Waals surface area contributed by atoms with Gasteiger partial charge in [0, 0.05) is 23.7 Å². The van der Waals surface area contributed by atoms with Gasteiger partial charge in [0.05, 0.1) is 12.8 Å². The number of benzene rings is 1. The van der Waals surface area contributed by atoms with Crippen LogP contribution in [0.5, 0.6) is 5.75 Å². The molecule has 1 heterocycles. The van der Waals surface area contributed by atoms with Crippen LogP contribution in [0.3, 0.4) is 0 Å². The van der Waals surface area contributed by atoms with E-state index in [4.69, 9.17) is 10.5 Å². The van der Waals surface area contributed by atoms with Crippen LogP contribution in [0, 0.1) is 12.7 Å². The Labute approximate surface area is 111 Å². The molecule has 0 amide bonds. The first-order valence-corrected chi connectivity index (χ1v) is 6.16. The van der Waals surface area contributed by atoms with Gasteiger partial charge in [-0.05, 0) is 32.0 Å². The lowest BCUT2D eigenvalue weighted by molar-refractivity contribution is 0.386. The fourth-order valence-corrected chi connectivity index (χ4v) is 2.02. The van der Waals surface area contributed by atoms with Crippen molar-refractivity contribution in [2.24, 2.45) is 5.73 Å². The molecule has 1 aromatic heterocycles. The number of rotatable bonds is 4. The number of nitrogens with zero attached hydrogens (tertiary/aromatic N) is 1. The Morgan fingerprint density at radius 2 is 2.21 bits per heavy atom. The van der Waals surface area contributed by atoms with Crippen LogP contribution in [0.1, 0.15) is 18.4 Å². The molecule has 3 N–H and O–H groups in total. The van der Waals surface area contributed by atoms with Crippen molar-refractivity contribution in [1.29, 1.82) is 0 Å². The number of aromatic nitrogens is 2. The van der Waals surface area contributed by atoms with Crippen molar-refractivity contribution in [3.05, 3.63) is 35.5 Å². The molecule has 102 valence electrons. The highest BCUT2D eigenvalue weighted by atomic mass is 19.1. The van der Waals surface area contributed by atoms with Crippen LogP contribution in [0.15, 0.2) is 18.2 Å². The topological polar surface area (TPSA) is 63.9 Å². The molecule has 0 spiro atoms. The Balaban J connectivity index is 2.36. The van der Waals surface area contributed by atoms with Crippen LogP contribution in [0.2, 0.25) is 0 Å². The summed E-state index contributed by atoms with van der Waals surface area (Å²) in [6, 6.07) is 4.86. The number of nitrogens with two attached hydrogens (primary N) is 1. The van der Waals surface area contributed by atoms with Gasteiger partial charge >= 0.3 is 0 Å². The van der Waals surface area contributed by atoms with Crippen molar-refractivity contribution in [3.63, 3.8) is 0 Å². The van der Waals surface area contributed by atoms with Gasteiger partial charge in [-0.2, -0.15) is 0 Å². The van der Waals surface area contributed by atoms with Crippen LogP contribution in [0.25, 0.3) is 11.3 Å². The highest BCUT2D eigenvalue weighted by Crippen LogP contribution is 2.26. The predicted octanol–water partition coefficient (Wildman–Crippen LogP) is 2.42. The van der Waals surface area contributed by atoms with Gasteiger partial charge in [0.2, 0.25) is 0 Å². The Hall–Kier alpha value is -1.88. The van der Waals surface area contributed by atoms with Crippen molar-refractivity contribution in [2.75, 3.05) is 7.11 Å². The Kier molecular flexibility index (Phi) is 3.85. The first-order chi connectivity index (χ1) is 9.01. The standard InChI is InChI=1S/C14H18FN3O/c1-8(16)6-13-17-9(2)14(18-13)10-4-5-12(19-3)11(15)7-10/h4-5,7-8H,6,16H2,1-3H3,(H,17,18). The third kappa shape index (κ3) is 2.93. The second-order valence-corrected chi connectivity index (χ2v) is 4.69. The molecular formula is C14H18FN3O. The van der Waals surface area contributed by atoms with Crippen molar-refractivity contribution in [2.45, 2.75) is 26.3 Å². The average Bonchev–Trinajstić information content (AvgIpc) is 2.69. The molecule has 1 aromatic carbocycles. The van der Waals surface area contributed by atoms with Gasteiger partial charge in [-0.25, -0.2) is 9.37 Å². The van der Waals surface area contributed by atoms with Gasteiger partial charge in [-0.15, -0.1) is 0 Å². The van der Waals surface area contributed by atoms with Gasteiger partial charge in [-0.3, -0.25) is 0 Å². The Bertz CT molecular complexity index is 578. The fraction of sp³-hybridized carbons (Fsp3) is 0.357. The number of aryl methyl sites for hydroxylation is 1. The predicted molar refractivity (Wildman–Crippen MR) is 72.6 cm³/mol. The number of halogens is 1. The third-order valence-corrected chi connectivity index (χ3v) is 2.87. The first-order valence-electron chi connectivity index (χ1n) is 6.16. The number of hydrogen-bond donors (Lipinski definition) is 2. The molecule has 2 aromatic rings. The summed E-state index contributed by atoms with van der Waals surface area (Å²) in [5, 5.41) is 0. The summed E-state index contributed by atoms with van der Waals surface area (Å²) in [4.78, 5) is 7.65. The SMILES string of the molecule is COc1ccc(-c2nc(CC(C)N)[nH]c2C)cc1F. The monoisotopic (exact) mass is 263 g/mol. The van der Waals surface area contributed by atoms with Gasteiger partial charge in [-0.1, -0.05) is 0 Å².